The van der Waals surface area contributed by atoms with Crippen LogP contribution in [-0.2, 0) is 14.4 Å². The summed E-state index contributed by atoms with van der Waals surface area (Å²) >= 11 is 0. The summed E-state index contributed by atoms with van der Waals surface area (Å²) in [4.78, 5) is 45.4. The van der Waals surface area contributed by atoms with Crippen molar-refractivity contribution < 1.29 is 14.4 Å². The van der Waals surface area contributed by atoms with E-state index in [1.165, 1.54) is 0 Å². The third kappa shape index (κ3) is 4.35. The summed E-state index contributed by atoms with van der Waals surface area (Å²) in [7, 11) is 0. The zero-order chi connectivity index (χ0) is 21.1. The van der Waals surface area contributed by atoms with Gasteiger partial charge < -0.3 is 15.1 Å². The van der Waals surface area contributed by atoms with Gasteiger partial charge in [-0.2, -0.15) is 0 Å². The fourth-order valence-corrected chi connectivity index (χ4v) is 4.15. The van der Waals surface area contributed by atoms with Crippen molar-refractivity contribution in [1.29, 1.82) is 0 Å². The van der Waals surface area contributed by atoms with E-state index in [4.69, 9.17) is 0 Å². The summed E-state index contributed by atoms with van der Waals surface area (Å²) in [6.45, 7) is 3.51. The van der Waals surface area contributed by atoms with E-state index in [1.807, 2.05) is 36.1 Å². The molecule has 3 amide bonds. The molecule has 2 aromatic rings. The molecule has 1 atom stereocenters. The van der Waals surface area contributed by atoms with Gasteiger partial charge in [-0.3, -0.25) is 19.4 Å². The maximum absolute atomic E-state index is 13.0. The van der Waals surface area contributed by atoms with Crippen LogP contribution in [0.1, 0.15) is 24.8 Å². The molecule has 1 aromatic carbocycles. The molecule has 7 nitrogen and oxygen atoms in total. The predicted octanol–water partition coefficient (Wildman–Crippen LogP) is 2.62. The number of pyridine rings is 1. The van der Waals surface area contributed by atoms with Gasteiger partial charge in [-0.15, -0.1) is 0 Å². The van der Waals surface area contributed by atoms with Gasteiger partial charge in [0.2, 0.25) is 17.7 Å². The van der Waals surface area contributed by atoms with Crippen molar-refractivity contribution >= 4 is 29.1 Å². The number of anilines is 2. The molecule has 30 heavy (non-hydrogen) atoms. The summed E-state index contributed by atoms with van der Waals surface area (Å²) in [6, 6.07) is 11.3. The van der Waals surface area contributed by atoms with Crippen LogP contribution < -0.4 is 10.2 Å². The van der Waals surface area contributed by atoms with Gasteiger partial charge in [-0.05, 0) is 44.0 Å². The van der Waals surface area contributed by atoms with Gasteiger partial charge in [0.15, 0.2) is 0 Å². The highest BCUT2D eigenvalue weighted by Crippen LogP contribution is 2.28. The summed E-state index contributed by atoms with van der Waals surface area (Å²) < 4.78 is 0. The van der Waals surface area contributed by atoms with Crippen molar-refractivity contribution in [2.75, 3.05) is 29.9 Å². The summed E-state index contributed by atoms with van der Waals surface area (Å²) in [6.07, 6.45) is 4.78. The van der Waals surface area contributed by atoms with Crippen LogP contribution in [0.25, 0.3) is 0 Å². The minimum atomic E-state index is -0.319. The van der Waals surface area contributed by atoms with Gasteiger partial charge in [0.25, 0.3) is 0 Å². The van der Waals surface area contributed by atoms with Gasteiger partial charge in [0.1, 0.15) is 0 Å². The number of carbonyl (C=O) groups is 3. The highest BCUT2D eigenvalue weighted by molar-refractivity contribution is 6.00. The number of hydrogen-bond acceptors (Lipinski definition) is 4. The second-order valence-electron chi connectivity index (χ2n) is 8.07. The molecule has 2 aliphatic rings. The van der Waals surface area contributed by atoms with Crippen LogP contribution in [-0.4, -0.2) is 47.2 Å². The molecule has 7 heteroatoms. The van der Waals surface area contributed by atoms with E-state index < -0.39 is 0 Å². The van der Waals surface area contributed by atoms with E-state index >= 15 is 0 Å². The number of nitrogens with zero attached hydrogens (tertiary/aromatic N) is 3. The SMILES string of the molecule is Cc1ccc(N2C[C@@H](C(=O)N3CCC(C(=O)Nc4ccncc4)CC3)CC2=O)cc1. The summed E-state index contributed by atoms with van der Waals surface area (Å²) in [5.74, 6) is -0.442. The van der Waals surface area contributed by atoms with E-state index in [1.54, 1.807) is 29.4 Å². The van der Waals surface area contributed by atoms with Gasteiger partial charge in [0.05, 0.1) is 5.92 Å². The molecule has 2 saturated heterocycles. The fourth-order valence-electron chi connectivity index (χ4n) is 4.15. The van der Waals surface area contributed by atoms with Crippen molar-refractivity contribution in [2.24, 2.45) is 11.8 Å². The van der Waals surface area contributed by atoms with Gasteiger partial charge in [-0.1, -0.05) is 17.7 Å². The standard InChI is InChI=1S/C23H26N4O3/c1-16-2-4-20(5-3-16)27-15-18(14-21(27)28)23(30)26-12-8-17(9-13-26)22(29)25-19-6-10-24-11-7-19/h2-7,10-11,17-18H,8-9,12-15H2,1H3,(H,24,25,29)/t18-/m0/s1. The molecule has 0 saturated carbocycles. The van der Waals surface area contributed by atoms with Crippen LogP contribution in [0.2, 0.25) is 0 Å². The third-order valence-corrected chi connectivity index (χ3v) is 5.95. The van der Waals surface area contributed by atoms with Crippen molar-refractivity contribution in [2.45, 2.75) is 26.2 Å². The second-order valence-corrected chi connectivity index (χ2v) is 8.07. The molecular weight excluding hydrogens is 380 g/mol. The maximum atomic E-state index is 13.0. The van der Waals surface area contributed by atoms with E-state index in [0.717, 1.165) is 16.9 Å². The van der Waals surface area contributed by atoms with Gasteiger partial charge >= 0.3 is 0 Å². The number of likely N-dealkylation sites (tertiary alicyclic amines) is 1. The minimum Gasteiger partial charge on any atom is -0.342 e. The topological polar surface area (TPSA) is 82.6 Å². The van der Waals surface area contributed by atoms with E-state index in [2.05, 4.69) is 10.3 Å². The summed E-state index contributed by atoms with van der Waals surface area (Å²) in [5.41, 5.74) is 2.70. The molecule has 2 aliphatic heterocycles. The Hall–Kier alpha value is -3.22. The zero-order valence-electron chi connectivity index (χ0n) is 17.1. The van der Waals surface area contributed by atoms with Crippen LogP contribution >= 0.6 is 0 Å². The number of carbonyl (C=O) groups excluding carboxylic acids is 3. The predicted molar refractivity (Wildman–Crippen MR) is 114 cm³/mol. The average molecular weight is 406 g/mol. The highest BCUT2D eigenvalue weighted by Gasteiger charge is 2.38. The number of hydrogen-bond donors (Lipinski definition) is 1. The van der Waals surface area contributed by atoms with E-state index in [0.29, 0.717) is 32.5 Å². The molecule has 4 rings (SSSR count). The number of benzene rings is 1. The molecule has 0 spiro atoms. The smallest absolute Gasteiger partial charge is 0.228 e. The number of aryl methyl sites for hydroxylation is 1. The molecular formula is C23H26N4O3. The number of rotatable bonds is 4. The Morgan fingerprint density at radius 3 is 2.33 bits per heavy atom. The first-order chi connectivity index (χ1) is 14.5. The zero-order valence-corrected chi connectivity index (χ0v) is 17.1. The van der Waals surface area contributed by atoms with Crippen molar-refractivity contribution in [3.63, 3.8) is 0 Å². The quantitative estimate of drug-likeness (QED) is 0.846. The lowest BCUT2D eigenvalue weighted by Crippen LogP contribution is -2.44. The highest BCUT2D eigenvalue weighted by atomic mass is 16.2. The lowest BCUT2D eigenvalue weighted by molar-refractivity contribution is -0.138. The number of nitrogens with one attached hydrogen (secondary N) is 1. The number of piperidine rings is 1. The van der Waals surface area contributed by atoms with Crippen LogP contribution in [0, 0.1) is 18.8 Å². The number of aromatic nitrogens is 1. The molecule has 0 bridgehead atoms. The largest absolute Gasteiger partial charge is 0.342 e. The number of amides is 3. The Bertz CT molecular complexity index is 921. The molecule has 1 N–H and O–H groups in total. The normalized spacial score (nSPS) is 19.8. The first-order valence-electron chi connectivity index (χ1n) is 10.4. The lowest BCUT2D eigenvalue weighted by Gasteiger charge is -2.33. The maximum Gasteiger partial charge on any atom is 0.228 e. The Balaban J connectivity index is 1.30. The molecule has 3 heterocycles. The van der Waals surface area contributed by atoms with Crippen LogP contribution in [0.3, 0.4) is 0 Å². The minimum absolute atomic E-state index is 0.0104. The fraction of sp³-hybridized carbons (Fsp3) is 0.391. The molecule has 2 fully saturated rings. The van der Waals surface area contributed by atoms with Crippen LogP contribution in [0.15, 0.2) is 48.8 Å². The molecule has 0 aliphatic carbocycles. The first kappa shape index (κ1) is 20.1. The van der Waals surface area contributed by atoms with Crippen molar-refractivity contribution in [3.05, 3.63) is 54.4 Å². The van der Waals surface area contributed by atoms with E-state index in [9.17, 15) is 14.4 Å². The summed E-state index contributed by atoms with van der Waals surface area (Å²) in [5, 5.41) is 2.91. The molecule has 0 radical (unpaired) electrons. The lowest BCUT2D eigenvalue weighted by atomic mass is 9.94. The molecule has 156 valence electrons. The Kier molecular flexibility index (Phi) is 5.79. The third-order valence-electron chi connectivity index (χ3n) is 5.95. The average Bonchev–Trinajstić information content (AvgIpc) is 3.16. The van der Waals surface area contributed by atoms with Gasteiger partial charge in [0, 0.05) is 55.7 Å². The van der Waals surface area contributed by atoms with Crippen LogP contribution in [0.4, 0.5) is 11.4 Å². The Morgan fingerprint density at radius 2 is 1.67 bits per heavy atom. The molecule has 0 unspecified atom stereocenters. The molecule has 1 aromatic heterocycles. The van der Waals surface area contributed by atoms with Crippen molar-refractivity contribution in [1.82, 2.24) is 9.88 Å². The van der Waals surface area contributed by atoms with E-state index in [-0.39, 0.29) is 36.0 Å². The Labute approximate surface area is 176 Å². The van der Waals surface area contributed by atoms with Crippen LogP contribution in [0.5, 0.6) is 0 Å². The second kappa shape index (κ2) is 8.65. The first-order valence-corrected chi connectivity index (χ1v) is 10.4. The monoisotopic (exact) mass is 406 g/mol. The van der Waals surface area contributed by atoms with Crippen molar-refractivity contribution in [3.8, 4) is 0 Å². The van der Waals surface area contributed by atoms with Gasteiger partial charge in [-0.25, -0.2) is 0 Å². The Morgan fingerprint density at radius 1 is 1.00 bits per heavy atom.